The second kappa shape index (κ2) is 10.7. The zero-order valence-electron chi connectivity index (χ0n) is 19.3. The molecular formula is C24H37N3O4. The SMILES string of the molecule is COc1cc2c(cc1OC)CN(C(=O)NC(C(=O)NC1CCCCCC1)C(C)C)CC2. The molecule has 1 fully saturated rings. The number of fused-ring (bicyclic) bond motifs is 1. The predicted molar refractivity (Wildman–Crippen MR) is 120 cm³/mol. The van der Waals surface area contributed by atoms with Crippen LogP contribution in [0.1, 0.15) is 63.5 Å². The van der Waals surface area contributed by atoms with E-state index in [1.54, 1.807) is 19.1 Å². The van der Waals surface area contributed by atoms with E-state index in [4.69, 9.17) is 9.47 Å². The van der Waals surface area contributed by atoms with Crippen molar-refractivity contribution < 1.29 is 19.1 Å². The van der Waals surface area contributed by atoms with Gasteiger partial charge in [0.25, 0.3) is 0 Å². The van der Waals surface area contributed by atoms with E-state index >= 15 is 0 Å². The Morgan fingerprint density at radius 1 is 1.00 bits per heavy atom. The van der Waals surface area contributed by atoms with E-state index in [1.807, 2.05) is 26.0 Å². The summed E-state index contributed by atoms with van der Waals surface area (Å²) in [5, 5.41) is 6.18. The van der Waals surface area contributed by atoms with Crippen LogP contribution in [0.2, 0.25) is 0 Å². The molecule has 2 aliphatic rings. The summed E-state index contributed by atoms with van der Waals surface area (Å²) in [5.41, 5.74) is 2.20. The lowest BCUT2D eigenvalue weighted by atomic mass is 9.98. The van der Waals surface area contributed by atoms with E-state index in [-0.39, 0.29) is 23.9 Å². The molecule has 172 valence electrons. The molecule has 2 N–H and O–H groups in total. The van der Waals surface area contributed by atoms with E-state index in [9.17, 15) is 9.59 Å². The number of hydrogen-bond acceptors (Lipinski definition) is 4. The molecule has 7 heteroatoms. The van der Waals surface area contributed by atoms with Crippen LogP contribution in [0, 0.1) is 5.92 Å². The van der Waals surface area contributed by atoms with Gasteiger partial charge in [-0.3, -0.25) is 4.79 Å². The van der Waals surface area contributed by atoms with E-state index < -0.39 is 6.04 Å². The van der Waals surface area contributed by atoms with Crippen molar-refractivity contribution in [2.24, 2.45) is 5.92 Å². The molecule has 1 aromatic rings. The molecule has 3 rings (SSSR count). The van der Waals surface area contributed by atoms with Gasteiger partial charge in [0, 0.05) is 19.1 Å². The van der Waals surface area contributed by atoms with Gasteiger partial charge in [0.05, 0.1) is 14.2 Å². The smallest absolute Gasteiger partial charge is 0.318 e. The van der Waals surface area contributed by atoms with Crippen molar-refractivity contribution in [1.29, 1.82) is 0 Å². The number of benzene rings is 1. The molecule has 1 saturated carbocycles. The minimum absolute atomic E-state index is 0.0103. The van der Waals surface area contributed by atoms with Crippen LogP contribution in [-0.4, -0.2) is 49.7 Å². The van der Waals surface area contributed by atoms with E-state index in [2.05, 4.69) is 10.6 Å². The van der Waals surface area contributed by atoms with Gasteiger partial charge in [0.2, 0.25) is 5.91 Å². The van der Waals surface area contributed by atoms with Gasteiger partial charge >= 0.3 is 6.03 Å². The van der Waals surface area contributed by atoms with Crippen molar-refractivity contribution in [2.45, 2.75) is 77.4 Å². The first-order valence-corrected chi connectivity index (χ1v) is 11.5. The zero-order chi connectivity index (χ0) is 22.4. The number of ether oxygens (including phenoxy) is 2. The first-order chi connectivity index (χ1) is 14.9. The molecular weight excluding hydrogens is 394 g/mol. The van der Waals surface area contributed by atoms with Gasteiger partial charge in [0.15, 0.2) is 11.5 Å². The lowest BCUT2D eigenvalue weighted by Gasteiger charge is -2.32. The summed E-state index contributed by atoms with van der Waals surface area (Å²) in [6.45, 7) is 5.03. The van der Waals surface area contributed by atoms with Crippen LogP contribution >= 0.6 is 0 Å². The molecule has 1 aromatic carbocycles. The molecule has 31 heavy (non-hydrogen) atoms. The molecule has 1 aliphatic heterocycles. The Morgan fingerprint density at radius 2 is 1.61 bits per heavy atom. The number of amides is 3. The minimum atomic E-state index is -0.539. The Morgan fingerprint density at radius 3 is 2.19 bits per heavy atom. The predicted octanol–water partition coefficient (Wildman–Crippen LogP) is 3.64. The summed E-state index contributed by atoms with van der Waals surface area (Å²) in [5.74, 6) is 1.30. The summed E-state index contributed by atoms with van der Waals surface area (Å²) in [6, 6.07) is 3.41. The van der Waals surface area contributed by atoms with Gasteiger partial charge in [-0.1, -0.05) is 39.5 Å². The van der Waals surface area contributed by atoms with Crippen LogP contribution in [0.5, 0.6) is 11.5 Å². The summed E-state index contributed by atoms with van der Waals surface area (Å²) >= 11 is 0. The largest absolute Gasteiger partial charge is 0.493 e. The van der Waals surface area contributed by atoms with Crippen molar-refractivity contribution in [3.63, 3.8) is 0 Å². The molecule has 1 unspecified atom stereocenters. The van der Waals surface area contributed by atoms with Crippen molar-refractivity contribution in [3.8, 4) is 11.5 Å². The fourth-order valence-electron chi connectivity index (χ4n) is 4.53. The Labute approximate surface area is 185 Å². The molecule has 0 saturated heterocycles. The van der Waals surface area contributed by atoms with Crippen LogP contribution in [0.25, 0.3) is 0 Å². The second-order valence-corrected chi connectivity index (χ2v) is 9.02. The number of rotatable bonds is 6. The van der Waals surface area contributed by atoms with Crippen molar-refractivity contribution in [3.05, 3.63) is 23.3 Å². The van der Waals surface area contributed by atoms with Crippen LogP contribution in [0.15, 0.2) is 12.1 Å². The molecule has 0 spiro atoms. The molecule has 7 nitrogen and oxygen atoms in total. The molecule has 1 aliphatic carbocycles. The molecule has 0 bridgehead atoms. The Hall–Kier alpha value is -2.44. The third-order valence-corrected chi connectivity index (χ3v) is 6.43. The lowest BCUT2D eigenvalue weighted by molar-refractivity contribution is -0.124. The quantitative estimate of drug-likeness (QED) is 0.674. The monoisotopic (exact) mass is 431 g/mol. The number of hydrogen-bond donors (Lipinski definition) is 2. The fourth-order valence-corrected chi connectivity index (χ4v) is 4.53. The highest BCUT2D eigenvalue weighted by atomic mass is 16.5. The number of nitrogens with zero attached hydrogens (tertiary/aromatic N) is 1. The first-order valence-electron chi connectivity index (χ1n) is 11.5. The zero-order valence-corrected chi connectivity index (χ0v) is 19.3. The number of methoxy groups -OCH3 is 2. The maximum atomic E-state index is 13.0. The van der Waals surface area contributed by atoms with Crippen molar-refractivity contribution in [1.82, 2.24) is 15.5 Å². The number of nitrogens with one attached hydrogen (secondary N) is 2. The van der Waals surface area contributed by atoms with Gasteiger partial charge in [-0.25, -0.2) is 4.79 Å². The summed E-state index contributed by atoms with van der Waals surface area (Å²) < 4.78 is 10.8. The van der Waals surface area contributed by atoms with Gasteiger partial charge in [-0.05, 0) is 48.4 Å². The highest BCUT2D eigenvalue weighted by Crippen LogP contribution is 2.33. The third kappa shape index (κ3) is 5.83. The van der Waals surface area contributed by atoms with Gasteiger partial charge in [-0.15, -0.1) is 0 Å². The first kappa shape index (κ1) is 23.2. The average molecular weight is 432 g/mol. The third-order valence-electron chi connectivity index (χ3n) is 6.43. The van der Waals surface area contributed by atoms with Crippen LogP contribution in [0.4, 0.5) is 4.79 Å². The number of carbonyl (C=O) groups is 2. The average Bonchev–Trinajstić information content (AvgIpc) is 3.04. The fraction of sp³-hybridized carbons (Fsp3) is 0.667. The Balaban J connectivity index is 1.64. The van der Waals surface area contributed by atoms with Crippen molar-refractivity contribution in [2.75, 3.05) is 20.8 Å². The summed E-state index contributed by atoms with van der Waals surface area (Å²) in [7, 11) is 3.23. The lowest BCUT2D eigenvalue weighted by Crippen LogP contribution is -2.55. The molecule has 1 atom stereocenters. The van der Waals surface area contributed by atoms with Crippen LogP contribution in [0.3, 0.4) is 0 Å². The van der Waals surface area contributed by atoms with Gasteiger partial charge in [0.1, 0.15) is 6.04 Å². The standard InChI is InChI=1S/C24H37N3O4/c1-16(2)22(23(28)25-19-9-7-5-6-8-10-19)26-24(29)27-12-11-17-13-20(30-3)21(31-4)14-18(17)15-27/h13-14,16,19,22H,5-12,15H2,1-4H3,(H,25,28)(H,26,29). The van der Waals surface area contributed by atoms with E-state index in [1.165, 1.54) is 12.8 Å². The maximum Gasteiger partial charge on any atom is 0.318 e. The molecule has 0 aromatic heterocycles. The normalized spacial score (nSPS) is 18.0. The molecule has 3 amide bonds. The number of carbonyl (C=O) groups excluding carboxylic acids is 2. The molecule has 0 radical (unpaired) electrons. The Kier molecular flexibility index (Phi) is 8.04. The second-order valence-electron chi connectivity index (χ2n) is 9.02. The van der Waals surface area contributed by atoms with Crippen LogP contribution < -0.4 is 20.1 Å². The maximum absolute atomic E-state index is 13.0. The highest BCUT2D eigenvalue weighted by Gasteiger charge is 2.30. The van der Waals surface area contributed by atoms with Crippen LogP contribution in [-0.2, 0) is 17.8 Å². The van der Waals surface area contributed by atoms with E-state index in [0.29, 0.717) is 24.6 Å². The number of urea groups is 1. The van der Waals surface area contributed by atoms with E-state index in [0.717, 1.165) is 43.2 Å². The van der Waals surface area contributed by atoms with Gasteiger partial charge in [-0.2, -0.15) is 0 Å². The summed E-state index contributed by atoms with van der Waals surface area (Å²) in [4.78, 5) is 27.8. The van der Waals surface area contributed by atoms with Gasteiger partial charge < -0.3 is 25.0 Å². The Bertz CT molecular complexity index is 772. The molecule has 1 heterocycles. The van der Waals surface area contributed by atoms with Crippen molar-refractivity contribution >= 4 is 11.9 Å². The minimum Gasteiger partial charge on any atom is -0.493 e. The highest BCUT2D eigenvalue weighted by molar-refractivity contribution is 5.87. The topological polar surface area (TPSA) is 79.9 Å². The summed E-state index contributed by atoms with van der Waals surface area (Å²) in [6.07, 6.45) is 7.59.